The molecule has 0 aromatic heterocycles. The van der Waals surface area contributed by atoms with E-state index in [-0.39, 0.29) is 0 Å². The predicted molar refractivity (Wildman–Crippen MR) is 90.0 cm³/mol. The number of hydrogen-bond donors (Lipinski definition) is 3. The van der Waals surface area contributed by atoms with Crippen LogP contribution in [0, 0.1) is 0 Å². The largest absolute Gasteiger partial charge is 0.457 e. The first-order valence-electron chi connectivity index (χ1n) is 8.43. The zero-order valence-corrected chi connectivity index (χ0v) is 13.5. The molecule has 1 aliphatic heterocycles. The van der Waals surface area contributed by atoms with Crippen molar-refractivity contribution in [3.05, 3.63) is 60.2 Å². The Morgan fingerprint density at radius 2 is 1.52 bits per heavy atom. The molecule has 0 bridgehead atoms. The van der Waals surface area contributed by atoms with Crippen molar-refractivity contribution in [2.45, 2.75) is 6.54 Å². The summed E-state index contributed by atoms with van der Waals surface area (Å²) in [5.74, 6) is 1.77. The third kappa shape index (κ3) is 4.79. The molecule has 0 spiro atoms. The second-order valence-electron chi connectivity index (χ2n) is 6.21. The molecule has 1 heterocycles. The van der Waals surface area contributed by atoms with Gasteiger partial charge in [0.1, 0.15) is 50.8 Å². The Hall–Kier alpha value is -1.88. The number of ether oxygens (including phenoxy) is 1. The van der Waals surface area contributed by atoms with E-state index < -0.39 is 0 Å². The molecule has 0 atom stereocenters. The minimum absolute atomic E-state index is 0.295. The maximum absolute atomic E-state index is 9.03. The Bertz CT molecular complexity index is 595. The third-order valence-electron chi connectivity index (χ3n) is 4.46. The van der Waals surface area contributed by atoms with Crippen LogP contribution in [0.4, 0.5) is 0 Å². The number of aliphatic hydroxyl groups excluding tert-OH is 1. The quantitative estimate of drug-likeness (QED) is 0.688. The summed E-state index contributed by atoms with van der Waals surface area (Å²) < 4.78 is 5.92. The van der Waals surface area contributed by atoms with Crippen molar-refractivity contribution in [2.75, 3.05) is 39.3 Å². The fourth-order valence-corrected chi connectivity index (χ4v) is 3.17. The van der Waals surface area contributed by atoms with Crippen molar-refractivity contribution in [3.63, 3.8) is 0 Å². The highest BCUT2D eigenvalue weighted by atomic mass is 16.5. The number of quaternary nitrogens is 2. The van der Waals surface area contributed by atoms with Gasteiger partial charge < -0.3 is 19.6 Å². The molecule has 1 aliphatic rings. The summed E-state index contributed by atoms with van der Waals surface area (Å²) >= 11 is 0. The summed E-state index contributed by atoms with van der Waals surface area (Å²) in [6.07, 6.45) is 0. The van der Waals surface area contributed by atoms with Crippen molar-refractivity contribution >= 4 is 0 Å². The highest BCUT2D eigenvalue weighted by Gasteiger charge is 2.22. The Kier molecular flexibility index (Phi) is 5.64. The Labute approximate surface area is 137 Å². The lowest BCUT2D eigenvalue weighted by molar-refractivity contribution is -1.02. The zero-order valence-electron chi connectivity index (χ0n) is 13.5. The van der Waals surface area contributed by atoms with Gasteiger partial charge in [-0.25, -0.2) is 0 Å². The molecule has 4 nitrogen and oxygen atoms in total. The van der Waals surface area contributed by atoms with Gasteiger partial charge in [-0.1, -0.05) is 30.3 Å². The molecule has 23 heavy (non-hydrogen) atoms. The Morgan fingerprint density at radius 3 is 2.26 bits per heavy atom. The van der Waals surface area contributed by atoms with E-state index in [1.54, 1.807) is 4.90 Å². The van der Waals surface area contributed by atoms with Crippen LogP contribution in [0.5, 0.6) is 11.5 Å². The number of aliphatic hydroxyl groups is 1. The smallest absolute Gasteiger partial charge is 0.127 e. The van der Waals surface area contributed by atoms with E-state index in [9.17, 15) is 0 Å². The average molecular weight is 314 g/mol. The normalized spacial score (nSPS) is 21.1. The van der Waals surface area contributed by atoms with Crippen LogP contribution in [0.1, 0.15) is 5.56 Å². The molecule has 1 fully saturated rings. The Balaban J connectivity index is 1.56. The lowest BCUT2D eigenvalue weighted by Gasteiger charge is -2.29. The fourth-order valence-electron chi connectivity index (χ4n) is 3.17. The molecule has 0 amide bonds. The van der Waals surface area contributed by atoms with Crippen LogP contribution in [-0.2, 0) is 6.54 Å². The summed E-state index contributed by atoms with van der Waals surface area (Å²) in [6, 6.07) is 18.3. The van der Waals surface area contributed by atoms with Crippen LogP contribution < -0.4 is 14.5 Å². The predicted octanol–water partition coefficient (Wildman–Crippen LogP) is -0.245. The van der Waals surface area contributed by atoms with Gasteiger partial charge in [-0.15, -0.1) is 0 Å². The van der Waals surface area contributed by atoms with Crippen molar-refractivity contribution in [3.8, 4) is 11.5 Å². The summed E-state index contributed by atoms with van der Waals surface area (Å²) in [7, 11) is 0. The van der Waals surface area contributed by atoms with Crippen LogP contribution >= 0.6 is 0 Å². The zero-order chi connectivity index (χ0) is 15.9. The van der Waals surface area contributed by atoms with Crippen LogP contribution in [0.2, 0.25) is 0 Å². The van der Waals surface area contributed by atoms with Crippen molar-refractivity contribution in [1.82, 2.24) is 0 Å². The van der Waals surface area contributed by atoms with E-state index in [0.29, 0.717) is 6.61 Å². The minimum Gasteiger partial charge on any atom is -0.457 e. The molecule has 122 valence electrons. The molecule has 2 aromatic carbocycles. The van der Waals surface area contributed by atoms with Crippen molar-refractivity contribution in [1.29, 1.82) is 0 Å². The van der Waals surface area contributed by atoms with Crippen LogP contribution in [0.15, 0.2) is 54.6 Å². The topological polar surface area (TPSA) is 38.3 Å². The summed E-state index contributed by atoms with van der Waals surface area (Å²) in [4.78, 5) is 3.14. The second-order valence-corrected chi connectivity index (χ2v) is 6.21. The molecule has 3 N–H and O–H groups in total. The van der Waals surface area contributed by atoms with Crippen LogP contribution in [-0.4, -0.2) is 44.4 Å². The third-order valence-corrected chi connectivity index (χ3v) is 4.46. The van der Waals surface area contributed by atoms with Gasteiger partial charge in [0.2, 0.25) is 0 Å². The number of nitrogens with one attached hydrogen (secondary N) is 2. The van der Waals surface area contributed by atoms with Gasteiger partial charge in [-0.3, -0.25) is 0 Å². The van der Waals surface area contributed by atoms with E-state index in [1.807, 2.05) is 36.4 Å². The van der Waals surface area contributed by atoms with Crippen LogP contribution in [0.3, 0.4) is 0 Å². The van der Waals surface area contributed by atoms with E-state index in [2.05, 4.69) is 18.2 Å². The summed E-state index contributed by atoms with van der Waals surface area (Å²) in [6.45, 7) is 6.85. The number of benzene rings is 2. The number of rotatable bonds is 6. The van der Waals surface area contributed by atoms with E-state index >= 15 is 0 Å². The van der Waals surface area contributed by atoms with Gasteiger partial charge in [0.05, 0.1) is 6.61 Å². The fraction of sp³-hybridized carbons (Fsp3) is 0.368. The molecular weight excluding hydrogens is 288 g/mol. The first kappa shape index (κ1) is 16.0. The maximum atomic E-state index is 9.03. The molecule has 4 heteroatoms. The van der Waals surface area contributed by atoms with Crippen molar-refractivity contribution < 1.29 is 19.6 Å². The SMILES string of the molecule is OCC[NH+]1CC[NH+](Cc2cccc(Oc3ccccc3)c2)CC1. The first-order chi connectivity index (χ1) is 11.3. The van der Waals surface area contributed by atoms with Gasteiger partial charge in [0, 0.05) is 5.56 Å². The van der Waals surface area contributed by atoms with E-state index in [1.165, 1.54) is 23.6 Å². The van der Waals surface area contributed by atoms with Crippen LogP contribution in [0.25, 0.3) is 0 Å². The van der Waals surface area contributed by atoms with Crippen molar-refractivity contribution in [2.24, 2.45) is 0 Å². The highest BCUT2D eigenvalue weighted by molar-refractivity contribution is 5.33. The molecule has 0 aliphatic carbocycles. The highest BCUT2D eigenvalue weighted by Crippen LogP contribution is 2.21. The minimum atomic E-state index is 0.295. The molecule has 2 aromatic rings. The summed E-state index contributed by atoms with van der Waals surface area (Å²) in [5.41, 5.74) is 1.32. The first-order valence-corrected chi connectivity index (χ1v) is 8.43. The van der Waals surface area contributed by atoms with Gasteiger partial charge in [0.25, 0.3) is 0 Å². The number of para-hydroxylation sites is 1. The molecule has 1 saturated heterocycles. The monoisotopic (exact) mass is 314 g/mol. The maximum Gasteiger partial charge on any atom is 0.127 e. The average Bonchev–Trinajstić information content (AvgIpc) is 2.58. The molecule has 0 unspecified atom stereocenters. The van der Waals surface area contributed by atoms with Gasteiger partial charge >= 0.3 is 0 Å². The molecule has 0 radical (unpaired) electrons. The molecular formula is C19H26N2O2+2. The van der Waals surface area contributed by atoms with Gasteiger partial charge in [-0.2, -0.15) is 0 Å². The van der Waals surface area contributed by atoms with E-state index in [0.717, 1.165) is 37.7 Å². The van der Waals surface area contributed by atoms with E-state index in [4.69, 9.17) is 9.84 Å². The second kappa shape index (κ2) is 8.11. The lowest BCUT2D eigenvalue weighted by Crippen LogP contribution is -3.27. The lowest BCUT2D eigenvalue weighted by atomic mass is 10.2. The summed E-state index contributed by atoms with van der Waals surface area (Å²) in [5, 5.41) is 9.03. The van der Waals surface area contributed by atoms with Gasteiger partial charge in [0.15, 0.2) is 0 Å². The Morgan fingerprint density at radius 1 is 0.826 bits per heavy atom. The number of hydrogen-bond acceptors (Lipinski definition) is 2. The molecule has 0 saturated carbocycles. The standard InChI is InChI=1S/C19H24N2O2/c22-14-13-20-9-11-21(12-10-20)16-17-5-4-8-19(15-17)23-18-6-2-1-3-7-18/h1-8,15,22H,9-14,16H2/p+2. The molecule has 3 rings (SSSR count). The van der Waals surface area contributed by atoms with Gasteiger partial charge in [-0.05, 0) is 24.3 Å². The number of piperazine rings is 1.